The summed E-state index contributed by atoms with van der Waals surface area (Å²) in [5.74, 6) is 0.638. The number of halogens is 2. The highest BCUT2D eigenvalue weighted by Crippen LogP contribution is 2.32. The topological polar surface area (TPSA) is 57.8 Å². The van der Waals surface area contributed by atoms with Gasteiger partial charge in [0, 0.05) is 4.47 Å². The van der Waals surface area contributed by atoms with Crippen molar-refractivity contribution in [3.8, 4) is 0 Å². The molecule has 3 rings (SSSR count). The second-order valence-corrected chi connectivity index (χ2v) is 7.79. The number of rotatable bonds is 3. The average Bonchev–Trinajstić information content (AvgIpc) is 3.03. The van der Waals surface area contributed by atoms with Gasteiger partial charge in [0.05, 0.1) is 25.7 Å². The fraction of sp³-hybridized carbons (Fsp3) is 0.143. The van der Waals surface area contributed by atoms with Gasteiger partial charge in [-0.1, -0.05) is 12.1 Å². The minimum Gasteiger partial charge on any atom is -0.342 e. The lowest BCUT2D eigenvalue weighted by Gasteiger charge is -2.10. The van der Waals surface area contributed by atoms with Crippen molar-refractivity contribution in [1.82, 2.24) is 15.3 Å². The third-order valence-electron chi connectivity index (χ3n) is 3.03. The number of hydrogen-bond donors (Lipinski definition) is 2. The Labute approximate surface area is 142 Å². The molecule has 7 heteroatoms. The molecule has 4 nitrogen and oxygen atoms in total. The van der Waals surface area contributed by atoms with E-state index >= 15 is 0 Å². The van der Waals surface area contributed by atoms with E-state index in [1.54, 1.807) is 6.07 Å². The first-order valence-corrected chi connectivity index (χ1v) is 8.65. The maximum atomic E-state index is 12.2. The molecule has 0 fully saturated rings. The van der Waals surface area contributed by atoms with E-state index in [0.29, 0.717) is 4.88 Å². The smallest absolute Gasteiger partial charge is 0.262 e. The normalized spacial score (nSPS) is 12.5. The van der Waals surface area contributed by atoms with Crippen LogP contribution in [0.15, 0.2) is 38.6 Å². The molecule has 0 radical (unpaired) electrons. The van der Waals surface area contributed by atoms with Crippen LogP contribution in [0.4, 0.5) is 0 Å². The third kappa shape index (κ3) is 3.04. The number of nitrogens with zero attached hydrogens (tertiary/aromatic N) is 1. The van der Waals surface area contributed by atoms with E-state index < -0.39 is 0 Å². The summed E-state index contributed by atoms with van der Waals surface area (Å²) in [6.07, 6.45) is 0. The molecule has 0 bridgehead atoms. The molecule has 2 aromatic heterocycles. The molecule has 0 saturated heterocycles. The van der Waals surface area contributed by atoms with Crippen molar-refractivity contribution >= 4 is 60.1 Å². The van der Waals surface area contributed by atoms with Crippen LogP contribution in [0.5, 0.6) is 0 Å². The number of fused-ring (bicyclic) bond motifs is 1. The van der Waals surface area contributed by atoms with E-state index in [1.165, 1.54) is 11.3 Å². The number of benzene rings is 1. The van der Waals surface area contributed by atoms with Gasteiger partial charge in [-0.25, -0.2) is 4.98 Å². The fourth-order valence-electron chi connectivity index (χ4n) is 1.97. The highest BCUT2D eigenvalue weighted by molar-refractivity contribution is 9.13. The summed E-state index contributed by atoms with van der Waals surface area (Å²) in [6.45, 7) is 1.91. The van der Waals surface area contributed by atoms with Crippen molar-refractivity contribution in [1.29, 1.82) is 0 Å². The number of imidazole rings is 1. The van der Waals surface area contributed by atoms with Crippen LogP contribution in [0.2, 0.25) is 0 Å². The van der Waals surface area contributed by atoms with Crippen LogP contribution in [-0.2, 0) is 0 Å². The number of aromatic nitrogens is 2. The number of aromatic amines is 1. The molecule has 108 valence electrons. The van der Waals surface area contributed by atoms with Crippen molar-refractivity contribution in [2.75, 3.05) is 0 Å². The molecule has 0 aliphatic rings. The van der Waals surface area contributed by atoms with Gasteiger partial charge < -0.3 is 10.3 Å². The summed E-state index contributed by atoms with van der Waals surface area (Å²) in [5, 5.41) is 2.95. The maximum Gasteiger partial charge on any atom is 0.262 e. The molecule has 2 N–H and O–H groups in total. The number of amides is 1. The van der Waals surface area contributed by atoms with Crippen LogP contribution in [0.3, 0.4) is 0 Å². The Morgan fingerprint density at radius 2 is 2.14 bits per heavy atom. The molecule has 3 aromatic rings. The van der Waals surface area contributed by atoms with Gasteiger partial charge in [0.25, 0.3) is 5.91 Å². The predicted octanol–water partition coefficient (Wildman–Crippen LogP) is 4.64. The molecule has 21 heavy (non-hydrogen) atoms. The average molecular weight is 429 g/mol. The standard InChI is InChI=1S/C14H11Br2N3OS/c1-7(13-18-9-4-2-3-5-10(9)19-13)17-14(20)11-6-8(15)12(16)21-11/h2-7H,1H3,(H,17,20)(H,18,19). The zero-order valence-corrected chi connectivity index (χ0v) is 15.0. The van der Waals surface area contributed by atoms with E-state index in [0.717, 1.165) is 25.1 Å². The van der Waals surface area contributed by atoms with Crippen LogP contribution in [-0.4, -0.2) is 15.9 Å². The highest BCUT2D eigenvalue weighted by atomic mass is 79.9. The molecule has 1 atom stereocenters. The van der Waals surface area contributed by atoms with E-state index in [-0.39, 0.29) is 11.9 Å². The van der Waals surface area contributed by atoms with Gasteiger partial charge in [-0.2, -0.15) is 0 Å². The summed E-state index contributed by atoms with van der Waals surface area (Å²) in [6, 6.07) is 9.41. The van der Waals surface area contributed by atoms with Crippen LogP contribution in [0, 0.1) is 0 Å². The quantitative estimate of drug-likeness (QED) is 0.638. The van der Waals surface area contributed by atoms with Crippen molar-refractivity contribution in [3.63, 3.8) is 0 Å². The van der Waals surface area contributed by atoms with Gasteiger partial charge in [-0.05, 0) is 57.0 Å². The summed E-state index contributed by atoms with van der Waals surface area (Å²) < 4.78 is 1.79. The molecular weight excluding hydrogens is 418 g/mol. The number of carbonyl (C=O) groups excluding carboxylic acids is 1. The number of hydrogen-bond acceptors (Lipinski definition) is 3. The molecule has 0 spiro atoms. The number of H-pyrrole nitrogens is 1. The van der Waals surface area contributed by atoms with Crippen LogP contribution >= 0.6 is 43.2 Å². The van der Waals surface area contributed by atoms with E-state index in [1.807, 2.05) is 31.2 Å². The lowest BCUT2D eigenvalue weighted by molar-refractivity contribution is 0.0942. The summed E-state index contributed by atoms with van der Waals surface area (Å²) in [7, 11) is 0. The Morgan fingerprint density at radius 3 is 2.81 bits per heavy atom. The summed E-state index contributed by atoms with van der Waals surface area (Å²) >= 11 is 8.17. The summed E-state index contributed by atoms with van der Waals surface area (Å²) in [4.78, 5) is 20.6. The van der Waals surface area contributed by atoms with E-state index in [2.05, 4.69) is 47.1 Å². The fourth-order valence-corrected chi connectivity index (χ4v) is 3.91. The number of nitrogens with one attached hydrogen (secondary N) is 2. The van der Waals surface area contributed by atoms with Gasteiger partial charge >= 0.3 is 0 Å². The van der Waals surface area contributed by atoms with E-state index in [9.17, 15) is 4.79 Å². The number of para-hydroxylation sites is 2. The van der Waals surface area contributed by atoms with Crippen LogP contribution in [0.1, 0.15) is 28.5 Å². The maximum absolute atomic E-state index is 12.2. The van der Waals surface area contributed by atoms with E-state index in [4.69, 9.17) is 0 Å². The second-order valence-electron chi connectivity index (χ2n) is 4.57. The first kappa shape index (κ1) is 14.7. The molecule has 0 aliphatic carbocycles. The molecule has 1 unspecified atom stereocenters. The van der Waals surface area contributed by atoms with Crippen molar-refractivity contribution in [3.05, 3.63) is 49.3 Å². The zero-order valence-electron chi connectivity index (χ0n) is 11.0. The molecule has 0 aliphatic heterocycles. The van der Waals surface area contributed by atoms with Gasteiger partial charge in [-0.3, -0.25) is 4.79 Å². The Kier molecular flexibility index (Phi) is 4.14. The lowest BCUT2D eigenvalue weighted by Crippen LogP contribution is -2.26. The first-order valence-electron chi connectivity index (χ1n) is 6.25. The minimum atomic E-state index is -0.190. The lowest BCUT2D eigenvalue weighted by atomic mass is 10.3. The molecule has 0 saturated carbocycles. The largest absolute Gasteiger partial charge is 0.342 e. The summed E-state index contributed by atoms with van der Waals surface area (Å²) in [5.41, 5.74) is 1.87. The Hall–Kier alpha value is -1.18. The number of thiophene rings is 1. The first-order chi connectivity index (χ1) is 10.0. The second kappa shape index (κ2) is 5.90. The number of carbonyl (C=O) groups is 1. The Bertz CT molecular complexity index is 759. The molecule has 2 heterocycles. The molecule has 1 aromatic carbocycles. The van der Waals surface area contributed by atoms with Gasteiger partial charge in [-0.15, -0.1) is 11.3 Å². The van der Waals surface area contributed by atoms with Crippen molar-refractivity contribution in [2.24, 2.45) is 0 Å². The van der Waals surface area contributed by atoms with Crippen LogP contribution in [0.25, 0.3) is 11.0 Å². The zero-order chi connectivity index (χ0) is 15.0. The molecule has 1 amide bonds. The SMILES string of the molecule is CC(NC(=O)c1cc(Br)c(Br)s1)c1nc2ccccc2[nH]1. The van der Waals surface area contributed by atoms with Gasteiger partial charge in [0.1, 0.15) is 5.82 Å². The predicted molar refractivity (Wildman–Crippen MR) is 91.7 cm³/mol. The highest BCUT2D eigenvalue weighted by Gasteiger charge is 2.17. The van der Waals surface area contributed by atoms with Crippen molar-refractivity contribution < 1.29 is 4.79 Å². The molecular formula is C14H11Br2N3OS. The van der Waals surface area contributed by atoms with Gasteiger partial charge in [0.15, 0.2) is 0 Å². The Balaban J connectivity index is 1.79. The van der Waals surface area contributed by atoms with Crippen molar-refractivity contribution in [2.45, 2.75) is 13.0 Å². The minimum absolute atomic E-state index is 0.112. The monoisotopic (exact) mass is 427 g/mol. The van der Waals surface area contributed by atoms with Crippen LogP contribution < -0.4 is 5.32 Å². The van der Waals surface area contributed by atoms with Gasteiger partial charge in [0.2, 0.25) is 0 Å². The third-order valence-corrected chi connectivity index (χ3v) is 6.29. The Morgan fingerprint density at radius 1 is 1.38 bits per heavy atom.